The lowest BCUT2D eigenvalue weighted by Gasteiger charge is -2.35. The normalized spacial score (nSPS) is 17.6. The van der Waals surface area contributed by atoms with Crippen LogP contribution in [0.4, 0.5) is 33.5 Å². The highest BCUT2D eigenvalue weighted by Gasteiger charge is 2.27. The van der Waals surface area contributed by atoms with Gasteiger partial charge in [0, 0.05) is 75.4 Å². The lowest BCUT2D eigenvalue weighted by atomic mass is 10.1. The number of nitrogens with one attached hydrogen (secondary N) is 1. The van der Waals surface area contributed by atoms with Crippen molar-refractivity contribution in [1.82, 2.24) is 24.8 Å². The zero-order chi connectivity index (χ0) is 26.8. The molecular weight excluding hydrogens is 520 g/mol. The molecule has 0 radical (unpaired) electrons. The molecule has 3 aliphatic heterocycles. The van der Waals surface area contributed by atoms with Crippen LogP contribution in [0.2, 0.25) is 0 Å². The summed E-state index contributed by atoms with van der Waals surface area (Å²) in [5.74, 6) is 2.20. The van der Waals surface area contributed by atoms with Gasteiger partial charge in [-0.2, -0.15) is 15.0 Å². The van der Waals surface area contributed by atoms with Gasteiger partial charge < -0.3 is 19.6 Å². The van der Waals surface area contributed by atoms with E-state index in [1.807, 2.05) is 5.38 Å². The van der Waals surface area contributed by atoms with Gasteiger partial charge in [-0.3, -0.25) is 15.4 Å². The zero-order valence-electron chi connectivity index (χ0n) is 21.5. The van der Waals surface area contributed by atoms with Crippen LogP contribution in [0.1, 0.15) is 25.7 Å². The van der Waals surface area contributed by atoms with E-state index in [-0.39, 0.29) is 11.7 Å². The fourth-order valence-electron chi connectivity index (χ4n) is 5.10. The van der Waals surface area contributed by atoms with Crippen LogP contribution in [-0.4, -0.2) is 88.1 Å². The lowest BCUT2D eigenvalue weighted by Crippen LogP contribution is -2.50. The van der Waals surface area contributed by atoms with Gasteiger partial charge in [0.05, 0.1) is 10.6 Å². The molecule has 0 saturated carbocycles. The molecule has 6 rings (SSSR count). The number of anilines is 4. The molecule has 3 aliphatic rings. The van der Waals surface area contributed by atoms with Crippen molar-refractivity contribution in [2.45, 2.75) is 25.7 Å². The van der Waals surface area contributed by atoms with E-state index in [1.165, 1.54) is 23.5 Å². The molecule has 5 heterocycles. The Hall–Kier alpha value is -4.07. The van der Waals surface area contributed by atoms with E-state index in [4.69, 9.17) is 15.0 Å². The van der Waals surface area contributed by atoms with Crippen LogP contribution in [-0.2, 0) is 0 Å². The number of nitro benzene ring substituents is 1. The smallest absolute Gasteiger partial charge is 0.323 e. The van der Waals surface area contributed by atoms with Gasteiger partial charge in [0.15, 0.2) is 5.13 Å². The Morgan fingerprint density at radius 1 is 0.769 bits per heavy atom. The van der Waals surface area contributed by atoms with Crippen molar-refractivity contribution in [2.75, 3.05) is 72.4 Å². The molecule has 13 nitrogen and oxygen atoms in total. The molecular formula is C25H30N10O3S. The number of carbonyl (C=O) groups excluding carboxylic acids is 1. The van der Waals surface area contributed by atoms with Crippen LogP contribution in [0.5, 0.6) is 0 Å². The Balaban J connectivity index is 1.09. The number of nitro groups is 1. The monoisotopic (exact) mass is 550 g/mol. The summed E-state index contributed by atoms with van der Waals surface area (Å²) in [4.78, 5) is 50.8. The van der Waals surface area contributed by atoms with Gasteiger partial charge in [0.1, 0.15) is 0 Å². The molecule has 204 valence electrons. The van der Waals surface area contributed by atoms with Crippen molar-refractivity contribution < 1.29 is 9.72 Å². The zero-order valence-corrected chi connectivity index (χ0v) is 22.3. The number of non-ortho nitro benzene ring substituents is 1. The second kappa shape index (κ2) is 11.0. The fourth-order valence-corrected chi connectivity index (χ4v) is 5.81. The molecule has 0 bridgehead atoms. The summed E-state index contributed by atoms with van der Waals surface area (Å²) in [5, 5.41) is 16.1. The molecule has 3 fully saturated rings. The highest BCUT2D eigenvalue weighted by Crippen LogP contribution is 2.28. The average Bonchev–Trinajstić information content (AvgIpc) is 3.76. The number of carbonyl (C=O) groups is 1. The topological polar surface area (TPSA) is 137 Å². The molecule has 0 spiro atoms. The minimum absolute atomic E-state index is 0.0263. The lowest BCUT2D eigenvalue weighted by molar-refractivity contribution is -0.384. The first-order valence-electron chi connectivity index (χ1n) is 13.3. The van der Waals surface area contributed by atoms with Gasteiger partial charge in [0.2, 0.25) is 17.8 Å². The molecule has 39 heavy (non-hydrogen) atoms. The number of hydrogen-bond acceptors (Lipinski definition) is 11. The van der Waals surface area contributed by atoms with Gasteiger partial charge in [-0.05, 0) is 37.8 Å². The Morgan fingerprint density at radius 3 is 1.79 bits per heavy atom. The molecule has 1 aromatic carbocycles. The minimum Gasteiger partial charge on any atom is -0.341 e. The standard InChI is InChI=1S/C25H30N10O3S/c36-25(30-24-26-20(17-39-24)18-5-7-19(8-6-18)35(37)38)34-15-13-33(14-16-34)23-28-21(31-9-1-2-10-31)27-22(29-23)32-11-3-4-12-32/h5-8,17H,1-4,9-16H2,(H,26,30,36). The molecule has 14 heteroatoms. The quantitative estimate of drug-likeness (QED) is 0.359. The first-order chi connectivity index (χ1) is 19.0. The Morgan fingerprint density at radius 2 is 1.28 bits per heavy atom. The maximum absolute atomic E-state index is 13.0. The first kappa shape index (κ1) is 25.2. The first-order valence-corrected chi connectivity index (χ1v) is 14.2. The van der Waals surface area contributed by atoms with Gasteiger partial charge in [-0.15, -0.1) is 11.3 Å². The van der Waals surface area contributed by atoms with Crippen molar-refractivity contribution in [3.05, 3.63) is 39.8 Å². The molecule has 0 atom stereocenters. The summed E-state index contributed by atoms with van der Waals surface area (Å²) in [5.41, 5.74) is 1.44. The van der Waals surface area contributed by atoms with E-state index in [1.54, 1.807) is 17.0 Å². The van der Waals surface area contributed by atoms with E-state index in [2.05, 4.69) is 25.0 Å². The van der Waals surface area contributed by atoms with Crippen molar-refractivity contribution in [2.24, 2.45) is 0 Å². The molecule has 2 amide bonds. The minimum atomic E-state index is -0.435. The third-order valence-electron chi connectivity index (χ3n) is 7.32. The van der Waals surface area contributed by atoms with Gasteiger partial charge in [-0.1, -0.05) is 0 Å². The van der Waals surface area contributed by atoms with E-state index in [9.17, 15) is 14.9 Å². The van der Waals surface area contributed by atoms with Crippen molar-refractivity contribution in [1.29, 1.82) is 0 Å². The van der Waals surface area contributed by atoms with Crippen LogP contribution >= 0.6 is 11.3 Å². The average molecular weight is 551 g/mol. The van der Waals surface area contributed by atoms with Crippen LogP contribution in [0, 0.1) is 10.1 Å². The van der Waals surface area contributed by atoms with Crippen molar-refractivity contribution in [3.8, 4) is 11.3 Å². The molecule has 3 saturated heterocycles. The molecule has 0 unspecified atom stereocenters. The van der Waals surface area contributed by atoms with Gasteiger partial charge in [0.25, 0.3) is 5.69 Å². The largest absolute Gasteiger partial charge is 0.341 e. The SMILES string of the molecule is O=C(Nc1nc(-c2ccc([N+](=O)[O-])cc2)cs1)N1CCN(c2nc(N3CCCC3)nc(N3CCCC3)n2)CC1. The number of piperazine rings is 1. The Bertz CT molecular complexity index is 1300. The van der Waals surface area contributed by atoms with Crippen LogP contribution in [0.25, 0.3) is 11.3 Å². The number of nitrogens with zero attached hydrogens (tertiary/aromatic N) is 9. The maximum atomic E-state index is 13.0. The number of benzene rings is 1. The molecule has 3 aromatic rings. The van der Waals surface area contributed by atoms with Gasteiger partial charge >= 0.3 is 6.03 Å². The summed E-state index contributed by atoms with van der Waals surface area (Å²) < 4.78 is 0. The summed E-state index contributed by atoms with van der Waals surface area (Å²) >= 11 is 1.32. The number of rotatable bonds is 6. The van der Waals surface area contributed by atoms with Crippen LogP contribution in [0.3, 0.4) is 0 Å². The summed E-state index contributed by atoms with van der Waals surface area (Å²) in [6, 6.07) is 6.00. The second-order valence-electron chi connectivity index (χ2n) is 9.87. The number of urea groups is 1. The third-order valence-corrected chi connectivity index (χ3v) is 8.08. The predicted molar refractivity (Wildman–Crippen MR) is 150 cm³/mol. The summed E-state index contributed by atoms with van der Waals surface area (Å²) in [6.07, 6.45) is 4.62. The number of amides is 2. The number of thiazole rings is 1. The van der Waals surface area contributed by atoms with Gasteiger partial charge in [-0.25, -0.2) is 9.78 Å². The Kier molecular flexibility index (Phi) is 7.09. The molecule has 2 aromatic heterocycles. The third kappa shape index (κ3) is 5.55. The Labute approximate surface area is 229 Å². The van der Waals surface area contributed by atoms with Crippen LogP contribution in [0.15, 0.2) is 29.6 Å². The van der Waals surface area contributed by atoms with E-state index in [0.717, 1.165) is 69.3 Å². The highest BCUT2D eigenvalue weighted by molar-refractivity contribution is 7.14. The second-order valence-corrected chi connectivity index (χ2v) is 10.7. The van der Waals surface area contributed by atoms with E-state index < -0.39 is 4.92 Å². The van der Waals surface area contributed by atoms with Crippen LogP contribution < -0.4 is 20.0 Å². The highest BCUT2D eigenvalue weighted by atomic mass is 32.1. The number of aromatic nitrogens is 4. The maximum Gasteiger partial charge on any atom is 0.323 e. The molecule has 0 aliphatic carbocycles. The van der Waals surface area contributed by atoms with Crippen molar-refractivity contribution >= 4 is 46.0 Å². The van der Waals surface area contributed by atoms with E-state index in [0.29, 0.717) is 43.0 Å². The fraction of sp³-hybridized carbons (Fsp3) is 0.480. The predicted octanol–water partition coefficient (Wildman–Crippen LogP) is 3.46. The van der Waals surface area contributed by atoms with Crippen molar-refractivity contribution in [3.63, 3.8) is 0 Å². The summed E-state index contributed by atoms with van der Waals surface area (Å²) in [6.45, 7) is 6.22. The number of hydrogen-bond donors (Lipinski definition) is 1. The van der Waals surface area contributed by atoms with E-state index >= 15 is 0 Å². The summed E-state index contributed by atoms with van der Waals surface area (Å²) in [7, 11) is 0. The molecule has 1 N–H and O–H groups in total.